The predicted molar refractivity (Wildman–Crippen MR) is 140 cm³/mol. The van der Waals surface area contributed by atoms with Crippen LogP contribution in [0.25, 0.3) is 0 Å². The van der Waals surface area contributed by atoms with Crippen LogP contribution >= 0.6 is 0 Å². The summed E-state index contributed by atoms with van der Waals surface area (Å²) in [5.74, 6) is 1.01. The van der Waals surface area contributed by atoms with Crippen LogP contribution in [0.5, 0.6) is 0 Å². The summed E-state index contributed by atoms with van der Waals surface area (Å²) in [4.78, 5) is 0. The maximum Gasteiger partial charge on any atom is -0.0351 e. The largest absolute Gasteiger partial charge is 0.0885 e. The van der Waals surface area contributed by atoms with Gasteiger partial charge in [-0.15, -0.1) is 0 Å². The van der Waals surface area contributed by atoms with E-state index in [1.807, 2.05) is 0 Å². The predicted octanol–water partition coefficient (Wildman–Crippen LogP) is 11.2. The van der Waals surface area contributed by atoms with E-state index in [4.69, 9.17) is 0 Å². The molecule has 0 rings (SSSR count). The third kappa shape index (κ3) is 24.0. The van der Waals surface area contributed by atoms with Crippen molar-refractivity contribution in [2.75, 3.05) is 0 Å². The van der Waals surface area contributed by atoms with Gasteiger partial charge in [0, 0.05) is 0 Å². The normalized spacial score (nSPS) is 12.8. The molecule has 0 nitrogen and oxygen atoms in total. The second kappa shape index (κ2) is 26.8. The zero-order valence-corrected chi connectivity index (χ0v) is 21.1. The van der Waals surface area contributed by atoms with Crippen LogP contribution in [0.3, 0.4) is 0 Å². The van der Waals surface area contributed by atoms with Gasteiger partial charge in [-0.1, -0.05) is 161 Å². The summed E-state index contributed by atoms with van der Waals surface area (Å²) < 4.78 is 0. The molecular formula is C30H58. The monoisotopic (exact) mass is 418 g/mol. The zero-order valence-electron chi connectivity index (χ0n) is 21.1. The minimum absolute atomic E-state index is 1.01. The lowest BCUT2D eigenvalue weighted by atomic mass is 9.91. The first kappa shape index (κ1) is 29.7. The van der Waals surface area contributed by atoms with Gasteiger partial charge in [-0.05, 0) is 31.6 Å². The van der Waals surface area contributed by atoms with Crippen LogP contribution in [0.4, 0.5) is 0 Å². The van der Waals surface area contributed by atoms with Gasteiger partial charge < -0.3 is 0 Å². The van der Waals surface area contributed by atoms with E-state index in [2.05, 4.69) is 32.9 Å². The van der Waals surface area contributed by atoms with E-state index < -0.39 is 0 Å². The third-order valence-electron chi connectivity index (χ3n) is 6.58. The number of hydrogen-bond donors (Lipinski definition) is 0. The van der Waals surface area contributed by atoms with E-state index in [-0.39, 0.29) is 0 Å². The minimum Gasteiger partial charge on any atom is -0.0885 e. The fourth-order valence-corrected chi connectivity index (χ4v) is 4.59. The maximum absolute atomic E-state index is 3.96. The first-order valence-electron chi connectivity index (χ1n) is 14.1. The van der Waals surface area contributed by atoms with E-state index in [9.17, 15) is 0 Å². The first-order chi connectivity index (χ1) is 14.8. The summed E-state index contributed by atoms with van der Waals surface area (Å²) in [7, 11) is 0. The molecule has 178 valence electrons. The standard InChI is InChI=1S/C30H58/c1-4-7-9-11-12-13-14-15-16-17-18-19-20-21-22-23-24-26-29-30(27-6-3)28-25-10-8-5-2/h15-16,30H,1-2,4-14,17-29H2,3H3/b16-15+. The van der Waals surface area contributed by atoms with Crippen LogP contribution in [0.15, 0.2) is 12.2 Å². The highest BCUT2D eigenvalue weighted by Crippen LogP contribution is 2.23. The van der Waals surface area contributed by atoms with Crippen LogP contribution in [0.2, 0.25) is 0 Å². The number of allylic oxidation sites excluding steroid dienone is 2. The average molecular weight is 419 g/mol. The van der Waals surface area contributed by atoms with Crippen molar-refractivity contribution in [1.29, 1.82) is 0 Å². The Hall–Kier alpha value is -0.260. The number of rotatable bonds is 25. The molecule has 0 aromatic carbocycles. The van der Waals surface area contributed by atoms with Crippen LogP contribution in [-0.2, 0) is 0 Å². The molecule has 0 aromatic heterocycles. The molecule has 0 heteroatoms. The second-order valence-corrected chi connectivity index (χ2v) is 9.64. The number of unbranched alkanes of at least 4 members (excludes halogenated alkanes) is 17. The van der Waals surface area contributed by atoms with E-state index in [0.717, 1.165) is 18.8 Å². The molecule has 0 aliphatic carbocycles. The summed E-state index contributed by atoms with van der Waals surface area (Å²) in [5.41, 5.74) is 0. The highest BCUT2D eigenvalue weighted by atomic mass is 14.1. The quantitative estimate of drug-likeness (QED) is 0.102. The highest BCUT2D eigenvalue weighted by Gasteiger charge is 2.07. The van der Waals surface area contributed by atoms with E-state index >= 15 is 0 Å². The van der Waals surface area contributed by atoms with Crippen molar-refractivity contribution in [3.63, 3.8) is 0 Å². The molecule has 0 fully saturated rings. The van der Waals surface area contributed by atoms with Crippen molar-refractivity contribution in [2.24, 2.45) is 5.92 Å². The Bertz CT molecular complexity index is 316. The summed E-state index contributed by atoms with van der Waals surface area (Å²) in [6, 6.07) is 0. The fraction of sp³-hybridized carbons (Fsp3) is 0.867. The summed E-state index contributed by atoms with van der Waals surface area (Å²) in [6.07, 6.45) is 38.1. The van der Waals surface area contributed by atoms with Gasteiger partial charge >= 0.3 is 0 Å². The van der Waals surface area contributed by atoms with Crippen molar-refractivity contribution < 1.29 is 0 Å². The molecule has 1 unspecified atom stereocenters. The molecule has 0 aliphatic rings. The minimum atomic E-state index is 1.01. The van der Waals surface area contributed by atoms with Crippen molar-refractivity contribution in [2.45, 2.75) is 161 Å². The fourth-order valence-electron chi connectivity index (χ4n) is 4.59. The topological polar surface area (TPSA) is 0 Å². The third-order valence-corrected chi connectivity index (χ3v) is 6.58. The van der Waals surface area contributed by atoms with Crippen molar-refractivity contribution in [3.05, 3.63) is 26.0 Å². The molecule has 0 saturated heterocycles. The SMILES string of the molecule is [CH2]CCCCCCC/C=C/CCCCCCCCCCC(CCC)CCCCC[CH2]. The van der Waals surface area contributed by atoms with Gasteiger partial charge in [-0.25, -0.2) is 0 Å². The molecule has 0 spiro atoms. The lowest BCUT2D eigenvalue weighted by molar-refractivity contribution is 0.378. The van der Waals surface area contributed by atoms with Crippen LogP contribution in [-0.4, -0.2) is 0 Å². The van der Waals surface area contributed by atoms with Gasteiger partial charge in [0.25, 0.3) is 0 Å². The van der Waals surface area contributed by atoms with Gasteiger partial charge in [0.15, 0.2) is 0 Å². The maximum atomic E-state index is 3.96. The lowest BCUT2D eigenvalue weighted by Crippen LogP contribution is -2.00. The second-order valence-electron chi connectivity index (χ2n) is 9.64. The Kier molecular flexibility index (Phi) is 26.5. The van der Waals surface area contributed by atoms with Crippen molar-refractivity contribution in [1.82, 2.24) is 0 Å². The summed E-state index contributed by atoms with van der Waals surface area (Å²) in [6.45, 7) is 10.2. The van der Waals surface area contributed by atoms with Gasteiger partial charge in [0.1, 0.15) is 0 Å². The molecular weight excluding hydrogens is 360 g/mol. The number of hydrogen-bond acceptors (Lipinski definition) is 0. The molecule has 30 heavy (non-hydrogen) atoms. The molecule has 0 N–H and O–H groups in total. The highest BCUT2D eigenvalue weighted by molar-refractivity contribution is 4.81. The summed E-state index contributed by atoms with van der Waals surface area (Å²) in [5, 5.41) is 0. The van der Waals surface area contributed by atoms with Gasteiger partial charge in [-0.3, -0.25) is 0 Å². The Balaban J connectivity index is 3.31. The summed E-state index contributed by atoms with van der Waals surface area (Å²) >= 11 is 0. The van der Waals surface area contributed by atoms with Gasteiger partial charge in [0.05, 0.1) is 0 Å². The first-order valence-corrected chi connectivity index (χ1v) is 14.1. The Labute approximate surface area is 193 Å². The molecule has 1 atom stereocenters. The van der Waals surface area contributed by atoms with Gasteiger partial charge in [0.2, 0.25) is 0 Å². The van der Waals surface area contributed by atoms with E-state index in [0.29, 0.717) is 0 Å². The molecule has 0 aliphatic heterocycles. The van der Waals surface area contributed by atoms with Crippen molar-refractivity contribution >= 4 is 0 Å². The molecule has 0 aromatic rings. The lowest BCUT2D eigenvalue weighted by Gasteiger charge is -2.15. The Morgan fingerprint density at radius 3 is 1.27 bits per heavy atom. The van der Waals surface area contributed by atoms with Gasteiger partial charge in [-0.2, -0.15) is 0 Å². The Morgan fingerprint density at radius 2 is 0.833 bits per heavy atom. The van der Waals surface area contributed by atoms with Crippen LogP contribution in [0.1, 0.15) is 161 Å². The molecule has 0 bridgehead atoms. The molecule has 0 heterocycles. The van der Waals surface area contributed by atoms with Crippen LogP contribution in [0, 0.1) is 19.8 Å². The van der Waals surface area contributed by atoms with Crippen LogP contribution < -0.4 is 0 Å². The Morgan fingerprint density at radius 1 is 0.467 bits per heavy atom. The van der Waals surface area contributed by atoms with E-state index in [1.165, 1.54) is 141 Å². The van der Waals surface area contributed by atoms with E-state index in [1.54, 1.807) is 0 Å². The zero-order chi connectivity index (χ0) is 22.0. The molecule has 2 radical (unpaired) electrons. The van der Waals surface area contributed by atoms with Crippen molar-refractivity contribution in [3.8, 4) is 0 Å². The molecule has 0 saturated carbocycles. The smallest absolute Gasteiger partial charge is 0.0351 e. The average Bonchev–Trinajstić information content (AvgIpc) is 2.75. The molecule has 0 amide bonds.